The predicted molar refractivity (Wildman–Crippen MR) is 181 cm³/mol. The Morgan fingerprint density at radius 3 is 2.02 bits per heavy atom. The molecule has 0 radical (unpaired) electrons. The van der Waals surface area contributed by atoms with Gasteiger partial charge in [0.15, 0.2) is 0 Å². The Kier molecular flexibility index (Phi) is 11.9. The van der Waals surface area contributed by atoms with E-state index in [-0.39, 0.29) is 35.5 Å². The summed E-state index contributed by atoms with van der Waals surface area (Å²) in [5, 5.41) is 4.15. The third-order valence-corrected chi connectivity index (χ3v) is 9.98. The molecule has 0 saturated carbocycles. The smallest absolute Gasteiger partial charge is 0.264 e. The van der Waals surface area contributed by atoms with Crippen molar-refractivity contribution in [3.05, 3.63) is 129 Å². The van der Waals surface area contributed by atoms with Crippen molar-refractivity contribution in [2.24, 2.45) is 0 Å². The molecule has 4 aromatic carbocycles. The van der Waals surface area contributed by atoms with Gasteiger partial charge in [-0.05, 0) is 73.0 Å². The van der Waals surface area contributed by atoms with Crippen LogP contribution in [0.3, 0.4) is 0 Å². The lowest BCUT2D eigenvalue weighted by molar-refractivity contribution is -0.140. The zero-order chi connectivity index (χ0) is 32.6. The molecule has 2 amide bonds. The SMILES string of the molecule is CC[C@@H](C)NC(=O)[C@H](Cc1ccccc1)N(Cc1ccc(Cl)cc1Cl)C(=O)CN(c1ccc(Cl)cc1)S(=O)(=O)c1ccccc1. The third-order valence-electron chi connectivity index (χ3n) is 7.35. The van der Waals surface area contributed by atoms with Gasteiger partial charge in [-0.15, -0.1) is 0 Å². The number of anilines is 1. The maximum absolute atomic E-state index is 14.5. The van der Waals surface area contributed by atoms with Gasteiger partial charge in [0, 0.05) is 34.1 Å². The van der Waals surface area contributed by atoms with Crippen molar-refractivity contribution in [2.75, 3.05) is 10.8 Å². The molecule has 7 nitrogen and oxygen atoms in total. The van der Waals surface area contributed by atoms with Crippen LogP contribution in [-0.4, -0.2) is 43.8 Å². The van der Waals surface area contributed by atoms with Crippen molar-refractivity contribution in [1.82, 2.24) is 10.2 Å². The molecule has 0 heterocycles. The van der Waals surface area contributed by atoms with E-state index in [9.17, 15) is 18.0 Å². The number of halogens is 3. The molecule has 2 atom stereocenters. The van der Waals surface area contributed by atoms with Crippen molar-refractivity contribution in [3.8, 4) is 0 Å². The molecule has 0 unspecified atom stereocenters. The molecule has 0 aliphatic rings. The highest BCUT2D eigenvalue weighted by molar-refractivity contribution is 7.92. The first-order valence-electron chi connectivity index (χ1n) is 14.4. The maximum atomic E-state index is 14.5. The number of nitrogens with one attached hydrogen (secondary N) is 1. The van der Waals surface area contributed by atoms with Gasteiger partial charge in [0.1, 0.15) is 12.6 Å². The molecule has 0 aromatic heterocycles. The van der Waals surface area contributed by atoms with Crippen LogP contribution in [0.4, 0.5) is 5.69 Å². The first-order valence-corrected chi connectivity index (χ1v) is 17.0. The summed E-state index contributed by atoms with van der Waals surface area (Å²) < 4.78 is 29.1. The number of sulfonamides is 1. The summed E-state index contributed by atoms with van der Waals surface area (Å²) in [6, 6.07) is 27.1. The lowest BCUT2D eigenvalue weighted by Crippen LogP contribution is -2.54. The number of amides is 2. The average molecular weight is 687 g/mol. The van der Waals surface area contributed by atoms with Gasteiger partial charge in [-0.25, -0.2) is 8.42 Å². The molecule has 11 heteroatoms. The Bertz CT molecular complexity index is 1710. The van der Waals surface area contributed by atoms with Gasteiger partial charge < -0.3 is 10.2 Å². The van der Waals surface area contributed by atoms with Crippen molar-refractivity contribution in [1.29, 1.82) is 0 Å². The molecule has 0 aliphatic carbocycles. The minimum Gasteiger partial charge on any atom is -0.352 e. The van der Waals surface area contributed by atoms with Crippen molar-refractivity contribution in [3.63, 3.8) is 0 Å². The van der Waals surface area contributed by atoms with Crippen LogP contribution in [0.5, 0.6) is 0 Å². The molecule has 45 heavy (non-hydrogen) atoms. The zero-order valence-electron chi connectivity index (χ0n) is 24.9. The molecule has 0 saturated heterocycles. The lowest BCUT2D eigenvalue weighted by Gasteiger charge is -2.34. The first kappa shape index (κ1) is 34.3. The molecule has 0 fully saturated rings. The summed E-state index contributed by atoms with van der Waals surface area (Å²) in [5.41, 5.74) is 1.62. The molecule has 236 valence electrons. The number of carbonyl (C=O) groups is 2. The van der Waals surface area contributed by atoms with Gasteiger partial charge in [0.05, 0.1) is 10.6 Å². The average Bonchev–Trinajstić information content (AvgIpc) is 3.03. The third kappa shape index (κ3) is 9.01. The molecule has 4 rings (SSSR count). The van der Waals surface area contributed by atoms with Crippen LogP contribution in [-0.2, 0) is 32.6 Å². The van der Waals surface area contributed by atoms with Gasteiger partial charge in [-0.2, -0.15) is 0 Å². The van der Waals surface area contributed by atoms with Gasteiger partial charge in [-0.1, -0.05) is 96.3 Å². The van der Waals surface area contributed by atoms with E-state index < -0.39 is 28.5 Å². The van der Waals surface area contributed by atoms with Crippen molar-refractivity contribution in [2.45, 2.75) is 50.2 Å². The predicted octanol–water partition coefficient (Wildman–Crippen LogP) is 7.40. The van der Waals surface area contributed by atoms with Crippen LogP contribution in [0, 0.1) is 0 Å². The van der Waals surface area contributed by atoms with Gasteiger partial charge in [0.2, 0.25) is 11.8 Å². The van der Waals surface area contributed by atoms with E-state index in [0.29, 0.717) is 27.1 Å². The second-order valence-electron chi connectivity index (χ2n) is 10.6. The fourth-order valence-electron chi connectivity index (χ4n) is 4.68. The topological polar surface area (TPSA) is 86.8 Å². The van der Waals surface area contributed by atoms with Gasteiger partial charge in [0.25, 0.3) is 10.0 Å². The first-order chi connectivity index (χ1) is 21.5. The molecular formula is C34H34Cl3N3O4S. The van der Waals surface area contributed by atoms with E-state index in [1.807, 2.05) is 44.2 Å². The number of carbonyl (C=O) groups excluding carboxylic acids is 2. The number of hydrogen-bond donors (Lipinski definition) is 1. The molecule has 0 bridgehead atoms. The molecular weight excluding hydrogens is 653 g/mol. The molecule has 1 N–H and O–H groups in total. The second-order valence-corrected chi connectivity index (χ2v) is 13.7. The highest BCUT2D eigenvalue weighted by Crippen LogP contribution is 2.28. The summed E-state index contributed by atoms with van der Waals surface area (Å²) in [4.78, 5) is 29.8. The Morgan fingerprint density at radius 1 is 0.822 bits per heavy atom. The van der Waals surface area contributed by atoms with Gasteiger partial charge >= 0.3 is 0 Å². The number of nitrogens with zero attached hydrogens (tertiary/aromatic N) is 2. The summed E-state index contributed by atoms with van der Waals surface area (Å²) in [6.07, 6.45) is 0.868. The Morgan fingerprint density at radius 2 is 1.42 bits per heavy atom. The van der Waals surface area contributed by atoms with E-state index >= 15 is 0 Å². The van der Waals surface area contributed by atoms with Crippen LogP contribution in [0.15, 0.2) is 108 Å². The minimum absolute atomic E-state index is 0.00962. The number of rotatable bonds is 13. The van der Waals surface area contributed by atoms with Crippen LogP contribution >= 0.6 is 34.8 Å². The van der Waals surface area contributed by atoms with Crippen LogP contribution in [0.1, 0.15) is 31.4 Å². The number of hydrogen-bond acceptors (Lipinski definition) is 4. The maximum Gasteiger partial charge on any atom is 0.264 e. The van der Waals surface area contributed by atoms with E-state index in [1.54, 1.807) is 48.5 Å². The van der Waals surface area contributed by atoms with E-state index in [2.05, 4.69) is 5.32 Å². The summed E-state index contributed by atoms with van der Waals surface area (Å²) >= 11 is 18.8. The lowest BCUT2D eigenvalue weighted by atomic mass is 10.0. The number of benzene rings is 4. The van der Waals surface area contributed by atoms with Crippen molar-refractivity contribution >= 4 is 62.3 Å². The Balaban J connectivity index is 1.82. The fourth-order valence-corrected chi connectivity index (χ4v) is 6.71. The molecule has 0 aliphatic heterocycles. The quantitative estimate of drug-likeness (QED) is 0.159. The Labute approximate surface area is 279 Å². The van der Waals surface area contributed by atoms with Crippen LogP contribution < -0.4 is 9.62 Å². The summed E-state index contributed by atoms with van der Waals surface area (Å²) in [6.45, 7) is 3.17. The monoisotopic (exact) mass is 685 g/mol. The molecule has 0 spiro atoms. The van der Waals surface area contributed by atoms with E-state index in [4.69, 9.17) is 34.8 Å². The molecule has 4 aromatic rings. The van der Waals surface area contributed by atoms with E-state index in [1.165, 1.54) is 29.2 Å². The largest absolute Gasteiger partial charge is 0.352 e. The highest BCUT2D eigenvalue weighted by Gasteiger charge is 2.35. The second kappa shape index (κ2) is 15.6. The van der Waals surface area contributed by atoms with Crippen LogP contribution in [0.25, 0.3) is 0 Å². The summed E-state index contributed by atoms with van der Waals surface area (Å²) in [5.74, 6) is -0.966. The minimum atomic E-state index is -4.21. The van der Waals surface area contributed by atoms with Gasteiger partial charge in [-0.3, -0.25) is 13.9 Å². The normalized spacial score (nSPS) is 12.6. The Hall–Kier alpha value is -3.56. The standard InChI is InChI=1S/C34H34Cl3N3O4S/c1-3-24(2)38-34(42)32(20-25-10-6-4-7-11-25)39(22-26-14-15-28(36)21-31(26)37)33(41)23-40(29-18-16-27(35)17-19-29)45(43,44)30-12-8-5-9-13-30/h4-19,21,24,32H,3,20,22-23H2,1-2H3,(H,38,42)/t24-,32+/m1/s1. The summed E-state index contributed by atoms with van der Waals surface area (Å²) in [7, 11) is -4.21. The highest BCUT2D eigenvalue weighted by atomic mass is 35.5. The van der Waals surface area contributed by atoms with Crippen molar-refractivity contribution < 1.29 is 18.0 Å². The van der Waals surface area contributed by atoms with E-state index in [0.717, 1.165) is 9.87 Å². The zero-order valence-corrected chi connectivity index (χ0v) is 28.0. The van der Waals surface area contributed by atoms with Crippen LogP contribution in [0.2, 0.25) is 15.1 Å². The fraction of sp³-hybridized carbons (Fsp3) is 0.235.